The molecule has 0 aliphatic carbocycles. The van der Waals surface area contributed by atoms with E-state index in [-0.39, 0.29) is 140 Å². The van der Waals surface area contributed by atoms with E-state index in [1.807, 2.05) is 0 Å². The summed E-state index contributed by atoms with van der Waals surface area (Å²) >= 11 is 0. The average Bonchev–Trinajstić information content (AvgIpc) is 1.25. The first-order chi connectivity index (χ1) is 3.46. The van der Waals surface area contributed by atoms with E-state index >= 15 is 0 Å². The third-order valence-electron chi connectivity index (χ3n) is 0. The Kier molecular flexibility index (Phi) is 126. The molecule has 0 heterocycles. The van der Waals surface area contributed by atoms with Gasteiger partial charge in [-0.3, -0.25) is 0 Å². The van der Waals surface area contributed by atoms with Crippen LogP contribution in [0.5, 0.6) is 0 Å². The molecule has 6 N–H and O–H groups in total. The van der Waals surface area contributed by atoms with E-state index in [1.54, 1.807) is 0 Å². The predicted octanol–water partition coefficient (Wildman–Crippen LogP) is -9.87. The van der Waals surface area contributed by atoms with Gasteiger partial charge in [-0.05, 0) is 0 Å². The topological polar surface area (TPSA) is 184 Å². The van der Waals surface area contributed by atoms with Gasteiger partial charge < -0.3 is 41.0 Å². The van der Waals surface area contributed by atoms with Crippen LogP contribution >= 0.6 is 0 Å². The molecule has 0 aliphatic heterocycles. The standard InChI is InChI=1S/2CH2O3.2K.2H2O.Zr/c2*2-1(3)4;;;;;/h2*(H2,2,3,4);;;2*1H2;/q;;2*+1;;;/p-2. The molecule has 0 saturated heterocycles. The van der Waals surface area contributed by atoms with Crippen LogP contribution in [-0.4, -0.2) is 33.5 Å². The molecule has 0 radical (unpaired) electrons. The molecule has 13 heavy (non-hydrogen) atoms. The third kappa shape index (κ3) is 340. The van der Waals surface area contributed by atoms with Crippen LogP contribution in [0.4, 0.5) is 9.59 Å². The number of carbonyl (C=O) groups is 2. The summed E-state index contributed by atoms with van der Waals surface area (Å²) in [6.45, 7) is 0. The van der Waals surface area contributed by atoms with Crippen molar-refractivity contribution in [3.05, 3.63) is 0 Å². The van der Waals surface area contributed by atoms with Gasteiger partial charge in [0.05, 0.1) is 0 Å². The number of rotatable bonds is 0. The molecule has 68 valence electrons. The predicted molar refractivity (Wildman–Crippen MR) is 23.3 cm³/mol. The van der Waals surface area contributed by atoms with E-state index in [9.17, 15) is 0 Å². The van der Waals surface area contributed by atoms with Crippen LogP contribution in [0.3, 0.4) is 0 Å². The van der Waals surface area contributed by atoms with Gasteiger partial charge in [0, 0.05) is 26.2 Å². The van der Waals surface area contributed by atoms with Gasteiger partial charge >= 0.3 is 103 Å². The molecular formula is C2H6K2O8Zr. The van der Waals surface area contributed by atoms with Gasteiger partial charge in [-0.25, -0.2) is 0 Å². The van der Waals surface area contributed by atoms with Crippen LogP contribution in [0.15, 0.2) is 0 Å². The van der Waals surface area contributed by atoms with Gasteiger partial charge in [0.25, 0.3) is 0 Å². The molecule has 0 rings (SSSR count). The normalized spacial score (nSPS) is 3.69. The van der Waals surface area contributed by atoms with Gasteiger partial charge in [-0.15, -0.1) is 0 Å². The minimum absolute atomic E-state index is 0. The Bertz CT molecular complexity index is 78.1. The summed E-state index contributed by atoms with van der Waals surface area (Å²) in [6.07, 6.45) is -4.17. The second-order valence-corrected chi connectivity index (χ2v) is 0.532. The molecule has 0 aromatic rings. The van der Waals surface area contributed by atoms with Gasteiger partial charge in [0.1, 0.15) is 0 Å². The molecule has 0 spiro atoms. The maximum absolute atomic E-state index is 8.44. The molecule has 0 fully saturated rings. The van der Waals surface area contributed by atoms with Crippen LogP contribution in [0, 0.1) is 0 Å². The van der Waals surface area contributed by atoms with E-state index in [1.165, 1.54) is 0 Å². The maximum atomic E-state index is 8.44. The zero-order valence-corrected chi connectivity index (χ0v) is 15.7. The minimum Gasteiger partial charge on any atom is -0.565 e. The first kappa shape index (κ1) is 44.9. The molecule has 0 unspecified atom stereocenters. The molecule has 0 atom stereocenters. The Morgan fingerprint density at radius 3 is 0.846 bits per heavy atom. The number of hydrogen-bond acceptors (Lipinski definition) is 4. The minimum atomic E-state index is -2.08. The van der Waals surface area contributed by atoms with Crippen LogP contribution in [0.2, 0.25) is 0 Å². The summed E-state index contributed by atoms with van der Waals surface area (Å²) < 4.78 is 0. The Hall–Kier alpha value is 2.62. The van der Waals surface area contributed by atoms with E-state index in [2.05, 4.69) is 0 Å². The van der Waals surface area contributed by atoms with Crippen LogP contribution in [-0.2, 0) is 26.2 Å². The molecular weight excluding hydrogens is 321 g/mol. The Labute approximate surface area is 178 Å². The van der Waals surface area contributed by atoms with Crippen molar-refractivity contribution >= 4 is 12.3 Å². The van der Waals surface area contributed by atoms with E-state index < -0.39 is 12.3 Å². The Morgan fingerprint density at radius 1 is 0.846 bits per heavy atom. The zero-order valence-electron chi connectivity index (χ0n) is 7.03. The fourth-order valence-corrected chi connectivity index (χ4v) is 0. The molecule has 0 aromatic heterocycles. The monoisotopic (exact) mass is 326 g/mol. The van der Waals surface area contributed by atoms with Gasteiger partial charge in [0.2, 0.25) is 12.3 Å². The molecule has 11 heteroatoms. The maximum Gasteiger partial charge on any atom is 1.00 e. The summed E-state index contributed by atoms with van der Waals surface area (Å²) in [5.74, 6) is 0. The van der Waals surface area contributed by atoms with Crippen molar-refractivity contribution in [2.24, 2.45) is 0 Å². The van der Waals surface area contributed by atoms with E-state index in [0.29, 0.717) is 0 Å². The first-order valence-electron chi connectivity index (χ1n) is 1.26. The number of carboxylic acid groups (broad SMARTS) is 4. The van der Waals surface area contributed by atoms with Gasteiger partial charge in [-0.2, -0.15) is 0 Å². The first-order valence-corrected chi connectivity index (χ1v) is 1.26. The SMILES string of the molecule is O.O.O=C([O-])O.O=C([O-])O.[K+].[K+].[Zr]. The van der Waals surface area contributed by atoms with Gasteiger partial charge in [0.15, 0.2) is 0 Å². The molecule has 0 aliphatic rings. The Morgan fingerprint density at radius 2 is 0.846 bits per heavy atom. The molecule has 8 nitrogen and oxygen atoms in total. The summed E-state index contributed by atoms with van der Waals surface area (Å²) in [7, 11) is 0. The van der Waals surface area contributed by atoms with Crippen LogP contribution in [0.1, 0.15) is 0 Å². The van der Waals surface area contributed by atoms with E-state index in [4.69, 9.17) is 30.0 Å². The summed E-state index contributed by atoms with van der Waals surface area (Å²) in [5, 5.41) is 30.6. The molecule has 0 bridgehead atoms. The van der Waals surface area contributed by atoms with Crippen LogP contribution in [0.25, 0.3) is 0 Å². The smallest absolute Gasteiger partial charge is 0.565 e. The second kappa shape index (κ2) is 36.5. The van der Waals surface area contributed by atoms with Crippen molar-refractivity contribution in [3.8, 4) is 0 Å². The van der Waals surface area contributed by atoms with Crippen molar-refractivity contribution in [1.29, 1.82) is 0 Å². The summed E-state index contributed by atoms with van der Waals surface area (Å²) in [5.41, 5.74) is 0. The molecule has 0 aromatic carbocycles. The molecule has 0 saturated carbocycles. The van der Waals surface area contributed by atoms with Crippen molar-refractivity contribution in [1.82, 2.24) is 0 Å². The zero-order chi connectivity index (χ0) is 7.15. The van der Waals surface area contributed by atoms with Crippen molar-refractivity contribution in [3.63, 3.8) is 0 Å². The third-order valence-corrected chi connectivity index (χ3v) is 0. The Balaban J connectivity index is -0.00000000800. The van der Waals surface area contributed by atoms with Gasteiger partial charge in [-0.1, -0.05) is 0 Å². The fourth-order valence-electron chi connectivity index (χ4n) is 0. The van der Waals surface area contributed by atoms with Crippen LogP contribution < -0.4 is 113 Å². The summed E-state index contributed by atoms with van der Waals surface area (Å²) in [4.78, 5) is 16.9. The molecule has 0 amide bonds. The van der Waals surface area contributed by atoms with E-state index in [0.717, 1.165) is 0 Å². The van der Waals surface area contributed by atoms with Crippen molar-refractivity contribution in [2.75, 3.05) is 0 Å². The quantitative estimate of drug-likeness (QED) is 0.416. The summed E-state index contributed by atoms with van der Waals surface area (Å²) in [6, 6.07) is 0. The second-order valence-electron chi connectivity index (χ2n) is 0.532. The average molecular weight is 327 g/mol. The number of hydrogen-bond donors (Lipinski definition) is 2. The van der Waals surface area contributed by atoms with Crippen molar-refractivity contribution in [2.45, 2.75) is 0 Å². The largest absolute Gasteiger partial charge is 1.00 e. The fraction of sp³-hybridized carbons (Fsp3) is 0. The van der Waals surface area contributed by atoms with Crippen molar-refractivity contribution < 1.29 is 170 Å².